The maximum Gasteiger partial charge on any atom is 0.136 e. The maximum atomic E-state index is 6.14. The molecule has 1 heterocycles. The Labute approximate surface area is 123 Å². The van der Waals surface area contributed by atoms with E-state index in [1.807, 2.05) is 12.1 Å². The van der Waals surface area contributed by atoms with Crippen molar-refractivity contribution in [3.8, 4) is 0 Å². The summed E-state index contributed by atoms with van der Waals surface area (Å²) < 4.78 is 6.25. The summed E-state index contributed by atoms with van der Waals surface area (Å²) >= 11 is 15.7. The molecule has 0 aliphatic heterocycles. The molecule has 0 saturated carbocycles. The van der Waals surface area contributed by atoms with Crippen LogP contribution >= 0.6 is 39.1 Å². The summed E-state index contributed by atoms with van der Waals surface area (Å²) in [5.74, 6) is 6.28. The summed E-state index contributed by atoms with van der Waals surface area (Å²) in [7, 11) is 0. The van der Waals surface area contributed by atoms with Crippen molar-refractivity contribution >= 4 is 39.1 Å². The second kappa shape index (κ2) is 6.08. The first-order valence-corrected chi connectivity index (χ1v) is 6.80. The molecule has 0 aliphatic carbocycles. The second-order valence-corrected chi connectivity index (χ2v) is 5.43. The van der Waals surface area contributed by atoms with Crippen molar-refractivity contribution in [2.75, 3.05) is 0 Å². The highest BCUT2D eigenvalue weighted by Gasteiger charge is 2.19. The van der Waals surface area contributed by atoms with Crippen molar-refractivity contribution in [2.45, 2.75) is 12.5 Å². The van der Waals surface area contributed by atoms with Crippen molar-refractivity contribution in [3.05, 3.63) is 56.4 Å². The van der Waals surface area contributed by atoms with E-state index in [0.29, 0.717) is 22.2 Å². The Balaban J connectivity index is 2.29. The molecule has 18 heavy (non-hydrogen) atoms. The third-order valence-electron chi connectivity index (χ3n) is 2.63. The molecule has 0 aliphatic rings. The van der Waals surface area contributed by atoms with E-state index in [2.05, 4.69) is 21.4 Å². The molecule has 0 amide bonds. The number of nitrogens with two attached hydrogens (primary N) is 1. The highest BCUT2D eigenvalue weighted by molar-refractivity contribution is 9.10. The number of rotatable bonds is 4. The predicted molar refractivity (Wildman–Crippen MR) is 76.6 cm³/mol. The quantitative estimate of drug-likeness (QED) is 0.645. The van der Waals surface area contributed by atoms with Gasteiger partial charge in [0, 0.05) is 10.0 Å². The van der Waals surface area contributed by atoms with Gasteiger partial charge in [-0.15, -0.1) is 0 Å². The van der Waals surface area contributed by atoms with E-state index in [1.54, 1.807) is 18.4 Å². The molecule has 1 atom stereocenters. The van der Waals surface area contributed by atoms with Gasteiger partial charge in [-0.25, -0.2) is 5.43 Å². The highest BCUT2D eigenvalue weighted by Crippen LogP contribution is 2.31. The maximum absolute atomic E-state index is 6.14. The van der Waals surface area contributed by atoms with Gasteiger partial charge in [0.25, 0.3) is 0 Å². The Kier molecular flexibility index (Phi) is 4.70. The van der Waals surface area contributed by atoms with Gasteiger partial charge in [-0.2, -0.15) is 0 Å². The summed E-state index contributed by atoms with van der Waals surface area (Å²) in [5.41, 5.74) is 3.55. The van der Waals surface area contributed by atoms with E-state index in [-0.39, 0.29) is 6.04 Å². The molecule has 1 aromatic carbocycles. The van der Waals surface area contributed by atoms with Crippen LogP contribution in [0.5, 0.6) is 0 Å². The van der Waals surface area contributed by atoms with Crippen molar-refractivity contribution in [3.63, 3.8) is 0 Å². The predicted octanol–water partition coefficient (Wildman–Crippen LogP) is 4.10. The molecule has 2 aromatic rings. The minimum Gasteiger partial charge on any atom is -0.466 e. The van der Waals surface area contributed by atoms with Gasteiger partial charge in [0.1, 0.15) is 5.76 Å². The molecule has 1 unspecified atom stereocenters. The normalized spacial score (nSPS) is 12.7. The minimum atomic E-state index is -0.202. The minimum absolute atomic E-state index is 0.202. The topological polar surface area (TPSA) is 51.2 Å². The zero-order valence-electron chi connectivity index (χ0n) is 9.29. The van der Waals surface area contributed by atoms with Crippen LogP contribution in [0.15, 0.2) is 39.4 Å². The average Bonchev–Trinajstić information content (AvgIpc) is 2.76. The summed E-state index contributed by atoms with van der Waals surface area (Å²) in [4.78, 5) is 0. The molecule has 6 heteroatoms. The van der Waals surface area contributed by atoms with E-state index in [9.17, 15) is 0 Å². The Bertz CT molecular complexity index is 524. The number of furan rings is 1. The van der Waals surface area contributed by atoms with Crippen LogP contribution in [0.3, 0.4) is 0 Å². The first-order valence-electron chi connectivity index (χ1n) is 5.25. The third kappa shape index (κ3) is 2.90. The van der Waals surface area contributed by atoms with Crippen LogP contribution < -0.4 is 11.3 Å². The molecule has 0 bridgehead atoms. The third-order valence-corrected chi connectivity index (χ3v) is 4.00. The standard InChI is InChI=1S/C12H11BrCl2N2O/c13-8-4-5-18-12(8)11(17-16)6-7-9(14)2-1-3-10(7)15/h1-5,11,17H,6,16H2. The van der Waals surface area contributed by atoms with Crippen LogP contribution in [0.2, 0.25) is 10.0 Å². The van der Waals surface area contributed by atoms with E-state index in [1.165, 1.54) is 0 Å². The van der Waals surface area contributed by atoms with Gasteiger partial charge in [-0.1, -0.05) is 29.3 Å². The Morgan fingerprint density at radius 1 is 1.28 bits per heavy atom. The molecule has 2 rings (SSSR count). The number of hydrogen-bond donors (Lipinski definition) is 2. The summed E-state index contributed by atoms with van der Waals surface area (Å²) in [6.45, 7) is 0. The zero-order valence-corrected chi connectivity index (χ0v) is 12.4. The van der Waals surface area contributed by atoms with Gasteiger partial charge >= 0.3 is 0 Å². The molecule has 0 radical (unpaired) electrons. The smallest absolute Gasteiger partial charge is 0.136 e. The molecular formula is C12H11BrCl2N2O. The van der Waals surface area contributed by atoms with E-state index in [4.69, 9.17) is 33.5 Å². The SMILES string of the molecule is NNC(Cc1c(Cl)cccc1Cl)c1occc1Br. The van der Waals surface area contributed by atoms with Gasteiger partial charge < -0.3 is 4.42 Å². The van der Waals surface area contributed by atoms with Gasteiger partial charge in [0.2, 0.25) is 0 Å². The molecular weight excluding hydrogens is 339 g/mol. The van der Waals surface area contributed by atoms with Crippen LogP contribution in [-0.2, 0) is 6.42 Å². The van der Waals surface area contributed by atoms with Gasteiger partial charge in [-0.3, -0.25) is 5.84 Å². The van der Waals surface area contributed by atoms with Crippen molar-refractivity contribution in [1.29, 1.82) is 0 Å². The average molecular weight is 350 g/mol. The lowest BCUT2D eigenvalue weighted by Gasteiger charge is -2.16. The lowest BCUT2D eigenvalue weighted by Crippen LogP contribution is -2.29. The van der Waals surface area contributed by atoms with Crippen LogP contribution in [0, 0.1) is 0 Å². The van der Waals surface area contributed by atoms with E-state index >= 15 is 0 Å². The van der Waals surface area contributed by atoms with E-state index in [0.717, 1.165) is 10.0 Å². The molecule has 3 N–H and O–H groups in total. The Hall–Kier alpha value is -0.520. The zero-order chi connectivity index (χ0) is 13.1. The van der Waals surface area contributed by atoms with Crippen molar-refractivity contribution in [2.24, 2.45) is 5.84 Å². The molecule has 0 spiro atoms. The number of hydrogen-bond acceptors (Lipinski definition) is 3. The lowest BCUT2D eigenvalue weighted by molar-refractivity contribution is 0.413. The number of nitrogens with one attached hydrogen (secondary N) is 1. The fourth-order valence-corrected chi connectivity index (χ4v) is 2.74. The van der Waals surface area contributed by atoms with Gasteiger partial charge in [-0.05, 0) is 46.1 Å². The van der Waals surface area contributed by atoms with E-state index < -0.39 is 0 Å². The summed E-state index contributed by atoms with van der Waals surface area (Å²) in [6, 6.07) is 7.02. The molecule has 0 fully saturated rings. The number of hydrazine groups is 1. The van der Waals surface area contributed by atoms with Gasteiger partial charge in [0.05, 0.1) is 16.8 Å². The monoisotopic (exact) mass is 348 g/mol. The molecule has 1 aromatic heterocycles. The second-order valence-electron chi connectivity index (χ2n) is 3.76. The van der Waals surface area contributed by atoms with Crippen LogP contribution in [0.4, 0.5) is 0 Å². The van der Waals surface area contributed by atoms with Gasteiger partial charge in [0.15, 0.2) is 0 Å². The summed E-state index contributed by atoms with van der Waals surface area (Å²) in [6.07, 6.45) is 2.14. The molecule has 3 nitrogen and oxygen atoms in total. The largest absolute Gasteiger partial charge is 0.466 e. The fourth-order valence-electron chi connectivity index (χ4n) is 1.71. The fraction of sp³-hybridized carbons (Fsp3) is 0.167. The number of benzene rings is 1. The Morgan fingerprint density at radius 3 is 2.44 bits per heavy atom. The first-order chi connectivity index (χ1) is 8.63. The van der Waals surface area contributed by atoms with Crippen LogP contribution in [0.25, 0.3) is 0 Å². The number of halogens is 3. The first kappa shape index (κ1) is 13.9. The van der Waals surface area contributed by atoms with Crippen molar-refractivity contribution < 1.29 is 4.42 Å². The molecule has 0 saturated heterocycles. The molecule has 96 valence electrons. The van der Waals surface area contributed by atoms with Crippen LogP contribution in [0.1, 0.15) is 17.4 Å². The lowest BCUT2D eigenvalue weighted by atomic mass is 10.0. The Morgan fingerprint density at radius 2 is 1.94 bits per heavy atom. The van der Waals surface area contributed by atoms with Crippen LogP contribution in [-0.4, -0.2) is 0 Å². The summed E-state index contributed by atoms with van der Waals surface area (Å²) in [5, 5.41) is 1.23. The van der Waals surface area contributed by atoms with Crippen molar-refractivity contribution in [1.82, 2.24) is 5.43 Å². The highest BCUT2D eigenvalue weighted by atomic mass is 79.9.